The molecule has 0 aromatic carbocycles. The standard InChI is InChI=1S/C9H18O/c1-6(2)7(3)5-9-8(4)10-9/h6-9H,5H2,1-4H3. The zero-order valence-electron chi connectivity index (χ0n) is 7.42. The van der Waals surface area contributed by atoms with Crippen LogP contribution in [0.2, 0.25) is 0 Å². The molecule has 3 atom stereocenters. The summed E-state index contributed by atoms with van der Waals surface area (Å²) in [4.78, 5) is 0. The van der Waals surface area contributed by atoms with Crippen molar-refractivity contribution < 1.29 is 4.74 Å². The third kappa shape index (κ3) is 1.98. The summed E-state index contributed by atoms with van der Waals surface area (Å²) in [5.41, 5.74) is 0. The Hall–Kier alpha value is -0.0400. The average molecular weight is 142 g/mol. The molecule has 0 aliphatic carbocycles. The van der Waals surface area contributed by atoms with Crippen LogP contribution in [-0.4, -0.2) is 12.2 Å². The fourth-order valence-corrected chi connectivity index (χ4v) is 1.12. The van der Waals surface area contributed by atoms with Crippen LogP contribution in [0, 0.1) is 11.8 Å². The van der Waals surface area contributed by atoms with E-state index in [0.717, 1.165) is 11.8 Å². The van der Waals surface area contributed by atoms with Crippen molar-refractivity contribution >= 4 is 0 Å². The van der Waals surface area contributed by atoms with E-state index in [9.17, 15) is 0 Å². The molecule has 1 saturated heterocycles. The van der Waals surface area contributed by atoms with Gasteiger partial charge in [0.25, 0.3) is 0 Å². The largest absolute Gasteiger partial charge is 0.370 e. The summed E-state index contributed by atoms with van der Waals surface area (Å²) in [7, 11) is 0. The molecule has 1 rings (SSSR count). The van der Waals surface area contributed by atoms with Crippen LogP contribution in [0.5, 0.6) is 0 Å². The molecule has 60 valence electrons. The fraction of sp³-hybridized carbons (Fsp3) is 1.00. The molecule has 1 nitrogen and oxygen atoms in total. The minimum absolute atomic E-state index is 0.543. The second kappa shape index (κ2) is 2.91. The first-order valence-corrected chi connectivity index (χ1v) is 4.26. The molecule has 0 aromatic rings. The lowest BCUT2D eigenvalue weighted by Crippen LogP contribution is -2.07. The Bertz CT molecular complexity index is 109. The third-order valence-corrected chi connectivity index (χ3v) is 2.58. The van der Waals surface area contributed by atoms with E-state index in [1.807, 2.05) is 0 Å². The lowest BCUT2D eigenvalue weighted by Gasteiger charge is -2.12. The zero-order valence-corrected chi connectivity index (χ0v) is 7.42. The molecule has 0 N–H and O–H groups in total. The van der Waals surface area contributed by atoms with Gasteiger partial charge in [-0.25, -0.2) is 0 Å². The van der Waals surface area contributed by atoms with Gasteiger partial charge in [-0.2, -0.15) is 0 Å². The maximum atomic E-state index is 5.34. The molecule has 0 radical (unpaired) electrons. The molecule has 10 heavy (non-hydrogen) atoms. The zero-order chi connectivity index (χ0) is 7.72. The lowest BCUT2D eigenvalue weighted by molar-refractivity contribution is 0.312. The minimum atomic E-state index is 0.543. The third-order valence-electron chi connectivity index (χ3n) is 2.58. The summed E-state index contributed by atoms with van der Waals surface area (Å²) in [5, 5.41) is 0. The van der Waals surface area contributed by atoms with Crippen molar-refractivity contribution in [1.82, 2.24) is 0 Å². The molecule has 0 amide bonds. The predicted octanol–water partition coefficient (Wildman–Crippen LogP) is 2.46. The van der Waals surface area contributed by atoms with Crippen molar-refractivity contribution in [3.8, 4) is 0 Å². The van der Waals surface area contributed by atoms with Crippen LogP contribution < -0.4 is 0 Å². The topological polar surface area (TPSA) is 12.5 Å². The van der Waals surface area contributed by atoms with Gasteiger partial charge in [0.05, 0.1) is 12.2 Å². The summed E-state index contributed by atoms with van der Waals surface area (Å²) in [6, 6.07) is 0. The van der Waals surface area contributed by atoms with Crippen LogP contribution in [0.25, 0.3) is 0 Å². The van der Waals surface area contributed by atoms with Crippen LogP contribution in [0.15, 0.2) is 0 Å². The van der Waals surface area contributed by atoms with Crippen molar-refractivity contribution in [3.05, 3.63) is 0 Å². The molecule has 1 aliphatic heterocycles. The maximum absolute atomic E-state index is 5.34. The molecule has 0 spiro atoms. The van der Waals surface area contributed by atoms with Gasteiger partial charge >= 0.3 is 0 Å². The van der Waals surface area contributed by atoms with Gasteiger partial charge in [-0.05, 0) is 25.2 Å². The van der Waals surface area contributed by atoms with Crippen LogP contribution in [-0.2, 0) is 4.74 Å². The first-order chi connectivity index (χ1) is 4.61. The highest BCUT2D eigenvalue weighted by Crippen LogP contribution is 2.30. The Morgan fingerprint density at radius 1 is 1.30 bits per heavy atom. The molecule has 3 unspecified atom stereocenters. The van der Waals surface area contributed by atoms with Gasteiger partial charge in [-0.3, -0.25) is 0 Å². The number of epoxide rings is 1. The van der Waals surface area contributed by atoms with Gasteiger partial charge in [0, 0.05) is 0 Å². The number of rotatable bonds is 3. The summed E-state index contributed by atoms with van der Waals surface area (Å²) in [6.07, 6.45) is 2.37. The van der Waals surface area contributed by atoms with Gasteiger partial charge in [-0.15, -0.1) is 0 Å². The molecule has 1 fully saturated rings. The van der Waals surface area contributed by atoms with E-state index in [1.165, 1.54) is 6.42 Å². The molecular weight excluding hydrogens is 124 g/mol. The van der Waals surface area contributed by atoms with Crippen molar-refractivity contribution in [2.24, 2.45) is 11.8 Å². The summed E-state index contributed by atoms with van der Waals surface area (Å²) < 4.78 is 5.34. The van der Waals surface area contributed by atoms with E-state index in [2.05, 4.69) is 27.7 Å². The SMILES string of the molecule is CC(C)C(C)CC1OC1C. The van der Waals surface area contributed by atoms with E-state index in [-0.39, 0.29) is 0 Å². The molecule has 1 heteroatoms. The summed E-state index contributed by atoms with van der Waals surface area (Å²) in [6.45, 7) is 9.01. The van der Waals surface area contributed by atoms with E-state index < -0.39 is 0 Å². The van der Waals surface area contributed by atoms with E-state index in [0.29, 0.717) is 12.2 Å². The molecule has 1 aliphatic rings. The second-order valence-electron chi connectivity index (χ2n) is 3.84. The average Bonchev–Trinajstić information content (AvgIpc) is 2.46. The first kappa shape index (κ1) is 8.06. The highest BCUT2D eigenvalue weighted by molar-refractivity contribution is 4.82. The Balaban J connectivity index is 2.13. The van der Waals surface area contributed by atoms with Gasteiger partial charge in [-0.1, -0.05) is 20.8 Å². The van der Waals surface area contributed by atoms with Crippen LogP contribution in [0.4, 0.5) is 0 Å². The highest BCUT2D eigenvalue weighted by atomic mass is 16.6. The van der Waals surface area contributed by atoms with Crippen molar-refractivity contribution in [2.45, 2.75) is 46.3 Å². The lowest BCUT2D eigenvalue weighted by atomic mass is 9.93. The summed E-state index contributed by atoms with van der Waals surface area (Å²) in [5.74, 6) is 1.62. The Labute approximate surface area is 63.8 Å². The maximum Gasteiger partial charge on any atom is 0.0841 e. The minimum Gasteiger partial charge on any atom is -0.370 e. The van der Waals surface area contributed by atoms with Crippen molar-refractivity contribution in [3.63, 3.8) is 0 Å². The molecule has 0 saturated carbocycles. The van der Waals surface area contributed by atoms with Crippen molar-refractivity contribution in [2.75, 3.05) is 0 Å². The van der Waals surface area contributed by atoms with Gasteiger partial charge in [0.2, 0.25) is 0 Å². The van der Waals surface area contributed by atoms with E-state index >= 15 is 0 Å². The quantitative estimate of drug-likeness (QED) is 0.551. The van der Waals surface area contributed by atoms with Crippen LogP contribution in [0.3, 0.4) is 0 Å². The highest BCUT2D eigenvalue weighted by Gasteiger charge is 2.35. The Morgan fingerprint density at radius 3 is 2.10 bits per heavy atom. The predicted molar refractivity (Wildman–Crippen MR) is 43.0 cm³/mol. The number of hydrogen-bond donors (Lipinski definition) is 0. The molecular formula is C9H18O. The molecule has 1 heterocycles. The Kier molecular flexibility index (Phi) is 2.35. The Morgan fingerprint density at radius 2 is 1.80 bits per heavy atom. The fourth-order valence-electron chi connectivity index (χ4n) is 1.12. The van der Waals surface area contributed by atoms with E-state index in [1.54, 1.807) is 0 Å². The number of ether oxygens (including phenoxy) is 1. The monoisotopic (exact) mass is 142 g/mol. The summed E-state index contributed by atoms with van der Waals surface area (Å²) >= 11 is 0. The van der Waals surface area contributed by atoms with Gasteiger partial charge in [0.1, 0.15) is 0 Å². The van der Waals surface area contributed by atoms with Crippen LogP contribution in [0.1, 0.15) is 34.1 Å². The first-order valence-electron chi connectivity index (χ1n) is 4.26. The normalized spacial score (nSPS) is 34.5. The molecule has 0 aromatic heterocycles. The second-order valence-corrected chi connectivity index (χ2v) is 3.84. The molecule has 0 bridgehead atoms. The smallest absolute Gasteiger partial charge is 0.0841 e. The van der Waals surface area contributed by atoms with Crippen LogP contribution >= 0.6 is 0 Å². The van der Waals surface area contributed by atoms with Gasteiger partial charge < -0.3 is 4.74 Å². The number of hydrogen-bond acceptors (Lipinski definition) is 1. The van der Waals surface area contributed by atoms with Crippen molar-refractivity contribution in [1.29, 1.82) is 0 Å². The van der Waals surface area contributed by atoms with Gasteiger partial charge in [0.15, 0.2) is 0 Å². The van der Waals surface area contributed by atoms with E-state index in [4.69, 9.17) is 4.74 Å².